The molecule has 2 heterocycles. The van der Waals surface area contributed by atoms with Crippen molar-refractivity contribution in [1.82, 2.24) is 20.0 Å². The topological polar surface area (TPSA) is 48.1 Å². The maximum atomic E-state index is 12.3. The number of carbonyl (C=O) groups is 1. The summed E-state index contributed by atoms with van der Waals surface area (Å²) in [6.45, 7) is 18.4. The van der Waals surface area contributed by atoms with Crippen LogP contribution in [0.5, 0.6) is 0 Å². The lowest BCUT2D eigenvalue weighted by Gasteiger charge is -2.41. The van der Waals surface area contributed by atoms with Gasteiger partial charge in [0.1, 0.15) is 5.60 Å². The zero-order valence-corrected chi connectivity index (χ0v) is 27.2. The van der Waals surface area contributed by atoms with Crippen molar-refractivity contribution in [3.63, 3.8) is 0 Å². The summed E-state index contributed by atoms with van der Waals surface area (Å²) in [5.41, 5.74) is 5.00. The summed E-state index contributed by atoms with van der Waals surface area (Å²) in [5, 5.41) is 3.51. The first-order chi connectivity index (χ1) is 19.3. The number of aryl methyl sites for hydroxylation is 2. The van der Waals surface area contributed by atoms with E-state index in [-0.39, 0.29) is 12.1 Å². The fourth-order valence-electron chi connectivity index (χ4n) is 6.10. The van der Waals surface area contributed by atoms with Crippen LogP contribution >= 0.6 is 0 Å². The van der Waals surface area contributed by atoms with Crippen molar-refractivity contribution in [2.45, 2.75) is 117 Å². The SMILES string of the molecule is Cc1cccc(CN(C)[C@H]2CCN(C(=O)OC(C)(C)C)[C@@H](C)C2)c1.Cc1cccc(CN(C)[C@H]2CCN[C@@H](C)C2)c1. The van der Waals surface area contributed by atoms with E-state index in [1.807, 2.05) is 25.7 Å². The summed E-state index contributed by atoms with van der Waals surface area (Å²) in [6.07, 6.45) is 4.33. The highest BCUT2D eigenvalue weighted by atomic mass is 16.6. The van der Waals surface area contributed by atoms with Gasteiger partial charge in [0.2, 0.25) is 0 Å². The van der Waals surface area contributed by atoms with Crippen molar-refractivity contribution in [2.24, 2.45) is 0 Å². The summed E-state index contributed by atoms with van der Waals surface area (Å²) >= 11 is 0. The van der Waals surface area contributed by atoms with Gasteiger partial charge in [0, 0.05) is 43.8 Å². The van der Waals surface area contributed by atoms with Gasteiger partial charge in [-0.2, -0.15) is 0 Å². The Morgan fingerprint density at radius 3 is 1.90 bits per heavy atom. The zero-order valence-electron chi connectivity index (χ0n) is 27.2. The molecular weight excluding hydrogens is 508 g/mol. The van der Waals surface area contributed by atoms with Crippen LogP contribution in [0.15, 0.2) is 48.5 Å². The van der Waals surface area contributed by atoms with Crippen LogP contribution in [0.25, 0.3) is 0 Å². The molecule has 2 saturated heterocycles. The number of nitrogens with one attached hydrogen (secondary N) is 1. The minimum atomic E-state index is -0.435. The van der Waals surface area contributed by atoms with E-state index >= 15 is 0 Å². The van der Waals surface area contributed by atoms with Gasteiger partial charge in [-0.05, 0) is 106 Å². The molecule has 0 radical (unpaired) electrons. The lowest BCUT2D eigenvalue weighted by molar-refractivity contribution is 0.00278. The Morgan fingerprint density at radius 2 is 1.44 bits per heavy atom. The first kappa shape index (κ1) is 33.1. The van der Waals surface area contributed by atoms with Crippen molar-refractivity contribution in [2.75, 3.05) is 27.2 Å². The summed E-state index contributed by atoms with van der Waals surface area (Å²) in [7, 11) is 4.44. The van der Waals surface area contributed by atoms with Crippen LogP contribution in [0, 0.1) is 13.8 Å². The van der Waals surface area contributed by atoms with Gasteiger partial charge in [-0.25, -0.2) is 4.79 Å². The Bertz CT molecular complexity index is 1100. The second-order valence-corrected chi connectivity index (χ2v) is 13.5. The van der Waals surface area contributed by atoms with Gasteiger partial charge in [0.05, 0.1) is 0 Å². The highest BCUT2D eigenvalue weighted by Crippen LogP contribution is 2.24. The molecule has 41 heavy (non-hydrogen) atoms. The maximum Gasteiger partial charge on any atom is 0.410 e. The molecule has 2 aliphatic heterocycles. The molecule has 0 saturated carbocycles. The Kier molecular flexibility index (Phi) is 12.2. The van der Waals surface area contributed by atoms with E-state index in [1.54, 1.807) is 0 Å². The van der Waals surface area contributed by atoms with Crippen LogP contribution in [0.4, 0.5) is 4.79 Å². The van der Waals surface area contributed by atoms with Crippen LogP contribution in [0.2, 0.25) is 0 Å². The molecule has 1 N–H and O–H groups in total. The molecule has 6 heteroatoms. The van der Waals surface area contributed by atoms with Gasteiger partial charge in [0.15, 0.2) is 0 Å². The van der Waals surface area contributed by atoms with Gasteiger partial charge in [-0.1, -0.05) is 59.7 Å². The highest BCUT2D eigenvalue weighted by molar-refractivity contribution is 5.68. The van der Waals surface area contributed by atoms with E-state index in [4.69, 9.17) is 4.74 Å². The molecule has 0 spiro atoms. The van der Waals surface area contributed by atoms with E-state index < -0.39 is 5.60 Å². The van der Waals surface area contributed by atoms with Crippen LogP contribution in [0.1, 0.15) is 82.6 Å². The fourth-order valence-corrected chi connectivity index (χ4v) is 6.10. The molecular formula is C35H56N4O2. The molecule has 2 aromatic carbocycles. The predicted molar refractivity (Wildman–Crippen MR) is 171 cm³/mol. The molecule has 228 valence electrons. The number of hydrogen-bond donors (Lipinski definition) is 1. The lowest BCUT2D eigenvalue weighted by atomic mass is 9.97. The van der Waals surface area contributed by atoms with Gasteiger partial charge < -0.3 is 15.0 Å². The second kappa shape index (κ2) is 15.2. The van der Waals surface area contributed by atoms with Crippen molar-refractivity contribution < 1.29 is 9.53 Å². The Hall–Kier alpha value is -2.41. The van der Waals surface area contributed by atoms with E-state index in [9.17, 15) is 4.79 Å². The monoisotopic (exact) mass is 564 g/mol. The minimum Gasteiger partial charge on any atom is -0.444 e. The standard InChI is InChI=1S/C20H32N2O2.C15H24N2/c1-15-8-7-9-17(12-15)14-21(6)18-10-11-22(16(2)13-18)19(23)24-20(3,4)5;1-12-5-4-6-14(9-12)11-17(3)15-7-8-16-13(2)10-15/h7-9,12,16,18H,10-11,13-14H2,1-6H3;4-6,9,13,15-16H,7-8,10-11H2,1-3H3/t16-,18-;13-,15-/m00/s1. The van der Waals surface area contributed by atoms with Crippen molar-refractivity contribution in [1.29, 1.82) is 0 Å². The van der Waals surface area contributed by atoms with Crippen molar-refractivity contribution >= 4 is 6.09 Å². The third kappa shape index (κ3) is 11.1. The third-order valence-corrected chi connectivity index (χ3v) is 8.35. The van der Waals surface area contributed by atoms with Gasteiger partial charge in [0.25, 0.3) is 0 Å². The van der Waals surface area contributed by atoms with Crippen LogP contribution in [-0.2, 0) is 17.8 Å². The number of nitrogens with zero attached hydrogens (tertiary/aromatic N) is 3. The zero-order chi connectivity index (χ0) is 30.2. The molecule has 2 fully saturated rings. The Balaban J connectivity index is 0.000000239. The Morgan fingerprint density at radius 1 is 0.902 bits per heavy atom. The fraction of sp³-hybridized carbons (Fsp3) is 0.629. The predicted octanol–water partition coefficient (Wildman–Crippen LogP) is 6.78. The number of carbonyl (C=O) groups excluding carboxylic acids is 1. The number of amides is 1. The molecule has 0 aromatic heterocycles. The molecule has 0 bridgehead atoms. The van der Waals surface area contributed by atoms with E-state index in [0.717, 1.165) is 45.1 Å². The van der Waals surface area contributed by atoms with Gasteiger partial charge in [-0.3, -0.25) is 9.80 Å². The van der Waals surface area contributed by atoms with E-state index in [1.165, 1.54) is 35.1 Å². The van der Waals surface area contributed by atoms with E-state index in [2.05, 4.69) is 105 Å². The Labute approximate surface area is 250 Å². The average molecular weight is 565 g/mol. The summed E-state index contributed by atoms with van der Waals surface area (Å²) in [6, 6.07) is 19.6. The summed E-state index contributed by atoms with van der Waals surface area (Å²) < 4.78 is 5.53. The summed E-state index contributed by atoms with van der Waals surface area (Å²) in [4.78, 5) is 19.1. The second-order valence-electron chi connectivity index (χ2n) is 13.5. The number of benzene rings is 2. The average Bonchev–Trinajstić information content (AvgIpc) is 2.88. The molecule has 1 amide bonds. The molecule has 2 aliphatic rings. The lowest BCUT2D eigenvalue weighted by Crippen LogP contribution is -2.51. The van der Waals surface area contributed by atoms with Crippen LogP contribution in [-0.4, -0.2) is 77.7 Å². The van der Waals surface area contributed by atoms with Crippen LogP contribution < -0.4 is 5.32 Å². The van der Waals surface area contributed by atoms with Gasteiger partial charge in [-0.15, -0.1) is 0 Å². The number of rotatable bonds is 6. The van der Waals surface area contributed by atoms with Gasteiger partial charge >= 0.3 is 6.09 Å². The van der Waals surface area contributed by atoms with Crippen LogP contribution in [0.3, 0.4) is 0 Å². The molecule has 0 unspecified atom stereocenters. The molecule has 6 nitrogen and oxygen atoms in total. The highest BCUT2D eigenvalue weighted by Gasteiger charge is 2.33. The maximum absolute atomic E-state index is 12.3. The first-order valence-electron chi connectivity index (χ1n) is 15.5. The number of likely N-dealkylation sites (tertiary alicyclic amines) is 1. The number of hydrogen-bond acceptors (Lipinski definition) is 5. The quantitative estimate of drug-likeness (QED) is 0.419. The van der Waals surface area contributed by atoms with E-state index in [0.29, 0.717) is 12.1 Å². The number of piperidine rings is 2. The largest absolute Gasteiger partial charge is 0.444 e. The minimum absolute atomic E-state index is 0.185. The smallest absolute Gasteiger partial charge is 0.410 e. The molecule has 0 aliphatic carbocycles. The number of ether oxygens (including phenoxy) is 1. The molecule has 2 aromatic rings. The summed E-state index contributed by atoms with van der Waals surface area (Å²) in [5.74, 6) is 0. The first-order valence-corrected chi connectivity index (χ1v) is 15.5. The molecule has 4 rings (SSSR count). The molecule has 4 atom stereocenters. The third-order valence-electron chi connectivity index (χ3n) is 8.35. The normalized spacial score (nSPS) is 23.2. The van der Waals surface area contributed by atoms with Crippen molar-refractivity contribution in [3.05, 3.63) is 70.8 Å². The van der Waals surface area contributed by atoms with Crippen molar-refractivity contribution in [3.8, 4) is 0 Å².